The van der Waals surface area contributed by atoms with Gasteiger partial charge in [0, 0.05) is 30.3 Å². The number of esters is 1. The van der Waals surface area contributed by atoms with Gasteiger partial charge >= 0.3 is 5.97 Å². The maximum Gasteiger partial charge on any atom is 0.310 e. The van der Waals surface area contributed by atoms with Crippen molar-refractivity contribution in [2.75, 3.05) is 17.2 Å². The minimum atomic E-state index is -0.519. The Morgan fingerprint density at radius 1 is 0.862 bits per heavy atom. The molecule has 0 fully saturated rings. The molecule has 7 nitrogen and oxygen atoms in total. The number of anilines is 2. The fourth-order valence-corrected chi connectivity index (χ4v) is 2.55. The van der Waals surface area contributed by atoms with Gasteiger partial charge in [-0.05, 0) is 48.4 Å². The van der Waals surface area contributed by atoms with Crippen molar-refractivity contribution in [3.8, 4) is 0 Å². The zero-order chi connectivity index (χ0) is 21.2. The van der Waals surface area contributed by atoms with E-state index in [4.69, 9.17) is 4.74 Å². The second-order valence-electron chi connectivity index (χ2n) is 6.51. The molecular weight excluding hydrogens is 372 g/mol. The van der Waals surface area contributed by atoms with Gasteiger partial charge in [-0.25, -0.2) is 0 Å². The van der Waals surface area contributed by atoms with Gasteiger partial charge in [-0.1, -0.05) is 19.1 Å². The number of ether oxygens (including phenoxy) is 1. The molecule has 2 aromatic rings. The van der Waals surface area contributed by atoms with Crippen LogP contribution in [0.3, 0.4) is 0 Å². The van der Waals surface area contributed by atoms with Crippen LogP contribution >= 0.6 is 0 Å². The maximum absolute atomic E-state index is 12.2. The van der Waals surface area contributed by atoms with Crippen LogP contribution in [0.25, 0.3) is 0 Å². The lowest BCUT2D eigenvalue weighted by atomic mass is 10.1. The summed E-state index contributed by atoms with van der Waals surface area (Å²) in [5, 5.41) is 5.38. The number of Topliss-reactive ketones (excluding diaryl/α,β-unsaturated/α-hetero) is 1. The van der Waals surface area contributed by atoms with E-state index in [0.717, 1.165) is 6.42 Å². The van der Waals surface area contributed by atoms with Gasteiger partial charge < -0.3 is 15.4 Å². The Kier molecular flexibility index (Phi) is 8.09. The average Bonchev–Trinajstić information content (AvgIpc) is 2.68. The van der Waals surface area contributed by atoms with Crippen LogP contribution in [0.1, 0.15) is 42.6 Å². The Hall–Kier alpha value is -3.48. The molecule has 0 saturated carbocycles. The summed E-state index contributed by atoms with van der Waals surface area (Å²) in [5.41, 5.74) is 2.36. The van der Waals surface area contributed by atoms with E-state index in [2.05, 4.69) is 10.6 Å². The second-order valence-corrected chi connectivity index (χ2v) is 6.51. The smallest absolute Gasteiger partial charge is 0.310 e. The van der Waals surface area contributed by atoms with Crippen molar-refractivity contribution >= 4 is 34.9 Å². The third-order valence-corrected chi connectivity index (χ3v) is 3.95. The lowest BCUT2D eigenvalue weighted by Gasteiger charge is -2.07. The summed E-state index contributed by atoms with van der Waals surface area (Å²) in [6, 6.07) is 13.2. The van der Waals surface area contributed by atoms with E-state index < -0.39 is 5.97 Å². The predicted molar refractivity (Wildman–Crippen MR) is 110 cm³/mol. The first-order chi connectivity index (χ1) is 13.9. The van der Waals surface area contributed by atoms with Gasteiger partial charge in [0.05, 0.1) is 6.42 Å². The number of carbonyl (C=O) groups excluding carboxylic acids is 4. The predicted octanol–water partition coefficient (Wildman–Crippen LogP) is 3.35. The molecule has 29 heavy (non-hydrogen) atoms. The average molecular weight is 396 g/mol. The summed E-state index contributed by atoms with van der Waals surface area (Å²) in [4.78, 5) is 46.7. The third kappa shape index (κ3) is 7.57. The Labute approximate surface area is 169 Å². The highest BCUT2D eigenvalue weighted by Crippen LogP contribution is 2.12. The zero-order valence-corrected chi connectivity index (χ0v) is 16.5. The molecule has 0 atom stereocenters. The molecule has 2 amide bonds. The Morgan fingerprint density at radius 2 is 1.45 bits per heavy atom. The van der Waals surface area contributed by atoms with Gasteiger partial charge in [-0.15, -0.1) is 0 Å². The molecule has 2 N–H and O–H groups in total. The van der Waals surface area contributed by atoms with Gasteiger partial charge in [0.1, 0.15) is 0 Å². The topological polar surface area (TPSA) is 102 Å². The Bertz CT molecular complexity index is 873. The fourth-order valence-electron chi connectivity index (χ4n) is 2.55. The van der Waals surface area contributed by atoms with E-state index in [1.807, 2.05) is 6.92 Å². The molecule has 0 aromatic heterocycles. The molecule has 152 valence electrons. The van der Waals surface area contributed by atoms with Crippen LogP contribution in [0.2, 0.25) is 0 Å². The normalized spacial score (nSPS) is 10.1. The van der Waals surface area contributed by atoms with E-state index in [0.29, 0.717) is 28.9 Å². The first-order valence-corrected chi connectivity index (χ1v) is 9.32. The van der Waals surface area contributed by atoms with Crippen LogP contribution in [0.15, 0.2) is 48.5 Å². The molecule has 7 heteroatoms. The minimum absolute atomic E-state index is 0.0238. The zero-order valence-electron chi connectivity index (χ0n) is 16.5. The maximum atomic E-state index is 12.2. The van der Waals surface area contributed by atoms with Crippen LogP contribution in [-0.2, 0) is 25.5 Å². The highest BCUT2D eigenvalue weighted by atomic mass is 16.5. The van der Waals surface area contributed by atoms with E-state index in [-0.39, 0.29) is 30.6 Å². The number of hydrogen-bond acceptors (Lipinski definition) is 5. The standard InChI is InChI=1S/C22H24N2O5/c1-3-4-21(27)24-19-11-7-17(8-12-19)20(26)14-29-22(28)13-16-5-9-18(10-6-16)23-15(2)25/h5-12H,3-4,13-14H2,1-2H3,(H,23,25)(H,24,27). The van der Waals surface area contributed by atoms with Gasteiger partial charge in [0.25, 0.3) is 0 Å². The van der Waals surface area contributed by atoms with Crippen molar-refractivity contribution in [3.63, 3.8) is 0 Å². The van der Waals surface area contributed by atoms with Crippen LogP contribution < -0.4 is 10.6 Å². The summed E-state index contributed by atoms with van der Waals surface area (Å²) in [6.45, 7) is 2.98. The first kappa shape index (κ1) is 21.8. The van der Waals surface area contributed by atoms with E-state index in [9.17, 15) is 19.2 Å². The quantitative estimate of drug-likeness (QED) is 0.500. The van der Waals surface area contributed by atoms with Crippen molar-refractivity contribution in [2.24, 2.45) is 0 Å². The van der Waals surface area contributed by atoms with Gasteiger partial charge in [0.15, 0.2) is 12.4 Å². The summed E-state index contributed by atoms with van der Waals surface area (Å²) in [6.07, 6.45) is 1.22. The summed E-state index contributed by atoms with van der Waals surface area (Å²) >= 11 is 0. The molecule has 0 aliphatic carbocycles. The molecule has 0 unspecified atom stereocenters. The third-order valence-electron chi connectivity index (χ3n) is 3.95. The van der Waals surface area contributed by atoms with E-state index >= 15 is 0 Å². The summed E-state index contributed by atoms with van der Waals surface area (Å²) in [7, 11) is 0. The Balaban J connectivity index is 1.81. The van der Waals surface area contributed by atoms with Crippen LogP contribution in [0.5, 0.6) is 0 Å². The number of hydrogen-bond donors (Lipinski definition) is 2. The molecule has 2 rings (SSSR count). The SMILES string of the molecule is CCCC(=O)Nc1ccc(C(=O)COC(=O)Cc2ccc(NC(C)=O)cc2)cc1. The molecule has 0 spiro atoms. The summed E-state index contributed by atoms with van der Waals surface area (Å²) < 4.78 is 5.06. The number of benzene rings is 2. The highest BCUT2D eigenvalue weighted by molar-refractivity contribution is 5.99. The van der Waals surface area contributed by atoms with Gasteiger partial charge in [-0.3, -0.25) is 19.2 Å². The molecular formula is C22H24N2O5. The monoisotopic (exact) mass is 396 g/mol. The number of nitrogens with one attached hydrogen (secondary N) is 2. The molecule has 0 radical (unpaired) electrons. The number of carbonyl (C=O) groups is 4. The highest BCUT2D eigenvalue weighted by Gasteiger charge is 2.11. The van der Waals surface area contributed by atoms with Crippen LogP contribution in [0.4, 0.5) is 11.4 Å². The van der Waals surface area contributed by atoms with Crippen molar-refractivity contribution in [2.45, 2.75) is 33.1 Å². The number of ketones is 1. The molecule has 0 aliphatic heterocycles. The molecule has 0 heterocycles. The lowest BCUT2D eigenvalue weighted by molar-refractivity contribution is -0.141. The second kappa shape index (κ2) is 10.8. The largest absolute Gasteiger partial charge is 0.457 e. The molecule has 0 bridgehead atoms. The minimum Gasteiger partial charge on any atom is -0.457 e. The van der Waals surface area contributed by atoms with Gasteiger partial charge in [0.2, 0.25) is 11.8 Å². The number of amides is 2. The molecule has 2 aromatic carbocycles. The van der Waals surface area contributed by atoms with Crippen molar-refractivity contribution < 1.29 is 23.9 Å². The molecule has 0 saturated heterocycles. The van der Waals surface area contributed by atoms with E-state index in [1.54, 1.807) is 48.5 Å². The van der Waals surface area contributed by atoms with Crippen LogP contribution in [0, 0.1) is 0 Å². The van der Waals surface area contributed by atoms with E-state index in [1.165, 1.54) is 6.92 Å². The van der Waals surface area contributed by atoms with Crippen molar-refractivity contribution in [1.29, 1.82) is 0 Å². The summed E-state index contributed by atoms with van der Waals surface area (Å²) in [5.74, 6) is -1.10. The van der Waals surface area contributed by atoms with Gasteiger partial charge in [-0.2, -0.15) is 0 Å². The molecule has 0 aliphatic rings. The fraction of sp³-hybridized carbons (Fsp3) is 0.273. The number of rotatable bonds is 9. The lowest BCUT2D eigenvalue weighted by Crippen LogP contribution is -2.16. The van der Waals surface area contributed by atoms with Crippen molar-refractivity contribution in [3.05, 3.63) is 59.7 Å². The van der Waals surface area contributed by atoms with Crippen molar-refractivity contribution in [1.82, 2.24) is 0 Å². The first-order valence-electron chi connectivity index (χ1n) is 9.32. The van der Waals surface area contributed by atoms with Crippen LogP contribution in [-0.4, -0.2) is 30.2 Å². The Morgan fingerprint density at radius 3 is 2.03 bits per heavy atom.